The predicted molar refractivity (Wildman–Crippen MR) is 52.6 cm³/mol. The Kier molecular flexibility index (Phi) is 2.60. The van der Waals surface area contributed by atoms with Crippen molar-refractivity contribution in [2.24, 2.45) is 0 Å². The Labute approximate surface area is 76.7 Å². The van der Waals surface area contributed by atoms with E-state index in [-0.39, 0.29) is 5.17 Å². The first-order chi connectivity index (χ1) is 5.61. The molecule has 12 heavy (non-hydrogen) atoms. The summed E-state index contributed by atoms with van der Waals surface area (Å²) in [5.41, 5.74) is 0.899. The molecule has 1 aromatic rings. The van der Waals surface area contributed by atoms with Crippen LogP contribution in [0.4, 0.5) is 5.82 Å². The molecule has 1 rings (SSSR count). The van der Waals surface area contributed by atoms with Crippen LogP contribution in [0.2, 0.25) is 0 Å². The number of anilines is 1. The van der Waals surface area contributed by atoms with Crippen LogP contribution in [0.15, 0.2) is 18.2 Å². The molecule has 0 unspecified atom stereocenters. The number of hydrogen-bond acceptors (Lipinski definition) is 2. The summed E-state index contributed by atoms with van der Waals surface area (Å²) in [6.07, 6.45) is 0. The highest BCUT2D eigenvalue weighted by molar-refractivity contribution is 7.80. The third-order valence-electron chi connectivity index (χ3n) is 1.50. The number of aryl methyl sites for hydroxylation is 1. The lowest BCUT2D eigenvalue weighted by atomic mass is 10.3. The standard InChI is InChI=1S/C8H10N2OS/c1-6-4-3-5-7(9-6)10(2)8(11)12/h3-5H,1-2H3,(H,11,12). The van der Waals surface area contributed by atoms with Gasteiger partial charge >= 0.3 is 0 Å². The third kappa shape index (κ3) is 1.92. The van der Waals surface area contributed by atoms with Crippen LogP contribution >= 0.6 is 12.2 Å². The van der Waals surface area contributed by atoms with E-state index >= 15 is 0 Å². The number of thiocarbonyl (C=S) groups is 1. The quantitative estimate of drug-likeness (QED) is 0.670. The van der Waals surface area contributed by atoms with Crippen LogP contribution in [-0.4, -0.2) is 22.3 Å². The molecule has 1 aromatic heterocycles. The van der Waals surface area contributed by atoms with E-state index in [2.05, 4.69) is 17.2 Å². The molecule has 0 saturated heterocycles. The van der Waals surface area contributed by atoms with Gasteiger partial charge in [0, 0.05) is 12.7 Å². The summed E-state index contributed by atoms with van der Waals surface area (Å²) < 4.78 is 0. The van der Waals surface area contributed by atoms with Gasteiger partial charge in [0.1, 0.15) is 5.82 Å². The van der Waals surface area contributed by atoms with Crippen LogP contribution in [0.25, 0.3) is 0 Å². The van der Waals surface area contributed by atoms with Crippen LogP contribution < -0.4 is 4.90 Å². The average Bonchev–Trinajstić information content (AvgIpc) is 2.03. The lowest BCUT2D eigenvalue weighted by Gasteiger charge is -2.13. The smallest absolute Gasteiger partial charge is 0.262 e. The van der Waals surface area contributed by atoms with Gasteiger partial charge in [0.15, 0.2) is 0 Å². The molecule has 0 amide bonds. The van der Waals surface area contributed by atoms with E-state index in [1.54, 1.807) is 13.1 Å². The van der Waals surface area contributed by atoms with Crippen LogP contribution in [0.1, 0.15) is 5.69 Å². The first kappa shape index (κ1) is 8.93. The maximum absolute atomic E-state index is 8.98. The number of nitrogens with zero attached hydrogens (tertiary/aromatic N) is 2. The van der Waals surface area contributed by atoms with Crippen molar-refractivity contribution in [3.05, 3.63) is 23.9 Å². The highest BCUT2D eigenvalue weighted by Crippen LogP contribution is 2.08. The van der Waals surface area contributed by atoms with E-state index in [1.165, 1.54) is 4.90 Å². The number of aromatic nitrogens is 1. The van der Waals surface area contributed by atoms with E-state index < -0.39 is 0 Å². The van der Waals surface area contributed by atoms with Crippen molar-refractivity contribution in [2.45, 2.75) is 6.92 Å². The Bertz CT molecular complexity index is 301. The highest BCUT2D eigenvalue weighted by Gasteiger charge is 2.04. The van der Waals surface area contributed by atoms with E-state index in [1.807, 2.05) is 19.1 Å². The predicted octanol–water partition coefficient (Wildman–Crippen LogP) is 1.67. The number of aliphatic hydroxyl groups is 1. The van der Waals surface area contributed by atoms with Gasteiger partial charge in [-0.3, -0.25) is 4.90 Å². The molecule has 1 N–H and O–H groups in total. The molecule has 0 aliphatic heterocycles. The van der Waals surface area contributed by atoms with Gasteiger partial charge in [-0.1, -0.05) is 6.07 Å². The monoisotopic (exact) mass is 182 g/mol. The van der Waals surface area contributed by atoms with Crippen molar-refractivity contribution < 1.29 is 5.11 Å². The van der Waals surface area contributed by atoms with Crippen molar-refractivity contribution in [2.75, 3.05) is 11.9 Å². The van der Waals surface area contributed by atoms with Crippen LogP contribution in [0.5, 0.6) is 0 Å². The molecule has 3 nitrogen and oxygen atoms in total. The van der Waals surface area contributed by atoms with Crippen molar-refractivity contribution in [3.8, 4) is 0 Å². The van der Waals surface area contributed by atoms with Gasteiger partial charge < -0.3 is 5.11 Å². The Hall–Kier alpha value is -1.16. The summed E-state index contributed by atoms with van der Waals surface area (Å²) in [4.78, 5) is 5.62. The molecule has 0 aromatic carbocycles. The molecular formula is C8H10N2OS. The van der Waals surface area contributed by atoms with E-state index in [0.717, 1.165) is 5.69 Å². The topological polar surface area (TPSA) is 36.4 Å². The molecule has 0 spiro atoms. The van der Waals surface area contributed by atoms with E-state index in [4.69, 9.17) is 5.11 Å². The fourth-order valence-electron chi connectivity index (χ4n) is 0.813. The zero-order chi connectivity index (χ0) is 9.14. The second kappa shape index (κ2) is 3.49. The summed E-state index contributed by atoms with van der Waals surface area (Å²) in [6.45, 7) is 1.89. The Morgan fingerprint density at radius 1 is 1.58 bits per heavy atom. The summed E-state index contributed by atoms with van der Waals surface area (Å²) >= 11 is 4.58. The molecule has 0 aliphatic carbocycles. The molecule has 0 atom stereocenters. The summed E-state index contributed by atoms with van der Waals surface area (Å²) in [5.74, 6) is 0.655. The first-order valence-electron chi connectivity index (χ1n) is 3.51. The van der Waals surface area contributed by atoms with E-state index in [9.17, 15) is 0 Å². The lowest BCUT2D eigenvalue weighted by Crippen LogP contribution is -2.24. The molecule has 0 bridgehead atoms. The largest absolute Gasteiger partial charge is 0.486 e. The van der Waals surface area contributed by atoms with Crippen molar-refractivity contribution >= 4 is 23.2 Å². The molecule has 1 heterocycles. The second-order valence-electron chi connectivity index (χ2n) is 2.48. The molecule has 0 aliphatic rings. The lowest BCUT2D eigenvalue weighted by molar-refractivity contribution is 0.553. The summed E-state index contributed by atoms with van der Waals surface area (Å²) in [7, 11) is 1.67. The summed E-state index contributed by atoms with van der Waals surface area (Å²) in [6, 6.07) is 5.54. The van der Waals surface area contributed by atoms with Gasteiger partial charge in [-0.05, 0) is 31.3 Å². The zero-order valence-corrected chi connectivity index (χ0v) is 7.80. The maximum atomic E-state index is 8.98. The Morgan fingerprint density at radius 2 is 2.25 bits per heavy atom. The molecule has 64 valence electrons. The SMILES string of the molecule is Cc1cccc(N(C)C(O)=S)n1. The van der Waals surface area contributed by atoms with Crippen molar-refractivity contribution in [1.29, 1.82) is 0 Å². The molecular weight excluding hydrogens is 172 g/mol. The van der Waals surface area contributed by atoms with Gasteiger partial charge in [0.2, 0.25) is 0 Å². The number of pyridine rings is 1. The maximum Gasteiger partial charge on any atom is 0.262 e. The van der Waals surface area contributed by atoms with Gasteiger partial charge in [0.05, 0.1) is 0 Å². The second-order valence-corrected chi connectivity index (χ2v) is 2.84. The van der Waals surface area contributed by atoms with E-state index in [0.29, 0.717) is 5.82 Å². The van der Waals surface area contributed by atoms with Crippen LogP contribution in [-0.2, 0) is 0 Å². The summed E-state index contributed by atoms with van der Waals surface area (Å²) in [5, 5.41) is 8.81. The average molecular weight is 182 g/mol. The van der Waals surface area contributed by atoms with Crippen molar-refractivity contribution in [3.63, 3.8) is 0 Å². The van der Waals surface area contributed by atoms with Crippen LogP contribution in [0.3, 0.4) is 0 Å². The minimum absolute atomic E-state index is 0.173. The van der Waals surface area contributed by atoms with Gasteiger partial charge in [-0.25, -0.2) is 4.98 Å². The Morgan fingerprint density at radius 3 is 2.75 bits per heavy atom. The Balaban J connectivity index is 2.95. The minimum Gasteiger partial charge on any atom is -0.486 e. The van der Waals surface area contributed by atoms with Gasteiger partial charge in [-0.2, -0.15) is 0 Å². The van der Waals surface area contributed by atoms with Crippen molar-refractivity contribution in [1.82, 2.24) is 4.98 Å². The number of hydrogen-bond donors (Lipinski definition) is 1. The molecule has 0 radical (unpaired) electrons. The molecule has 4 heteroatoms. The van der Waals surface area contributed by atoms with Gasteiger partial charge in [0.25, 0.3) is 5.17 Å². The first-order valence-corrected chi connectivity index (χ1v) is 3.92. The molecule has 0 saturated carbocycles. The van der Waals surface area contributed by atoms with Crippen LogP contribution in [0, 0.1) is 6.92 Å². The zero-order valence-electron chi connectivity index (χ0n) is 6.98. The third-order valence-corrected chi connectivity index (χ3v) is 1.78. The number of rotatable bonds is 1. The normalized spacial score (nSPS) is 9.50. The fraction of sp³-hybridized carbons (Fsp3) is 0.250. The fourth-order valence-corrected chi connectivity index (χ4v) is 0.907. The highest BCUT2D eigenvalue weighted by atomic mass is 32.1. The number of aliphatic hydroxyl groups excluding tert-OH is 1. The minimum atomic E-state index is -0.173. The molecule has 0 fully saturated rings. The van der Waals surface area contributed by atoms with Gasteiger partial charge in [-0.15, -0.1) is 0 Å².